The number of nitrogens with zero attached hydrogens (tertiary/aromatic N) is 2. The van der Waals surface area contributed by atoms with Crippen LogP contribution in [-0.2, 0) is 13.2 Å². The predicted octanol–water partition coefficient (Wildman–Crippen LogP) is 2.55. The fraction of sp³-hybridized carbons (Fsp3) is 0.150. The summed E-state index contributed by atoms with van der Waals surface area (Å²) in [6, 6.07) is 11.2. The number of nitrogen functional groups attached to an aromatic ring is 1. The van der Waals surface area contributed by atoms with Gasteiger partial charge in [0.05, 0.1) is 12.3 Å². The monoisotopic (exact) mass is 363 g/mol. The highest BCUT2D eigenvalue weighted by Crippen LogP contribution is 2.25. The van der Waals surface area contributed by atoms with Crippen molar-refractivity contribution in [1.29, 1.82) is 5.41 Å². The molecule has 0 radical (unpaired) electrons. The maximum absolute atomic E-state index is 10.0. The van der Waals surface area contributed by atoms with E-state index in [0.717, 1.165) is 11.1 Å². The molecule has 27 heavy (non-hydrogen) atoms. The molecule has 1 aromatic carbocycles. The lowest BCUT2D eigenvalue weighted by Crippen LogP contribution is -2.10. The van der Waals surface area contributed by atoms with Crippen LogP contribution in [-0.4, -0.2) is 26.0 Å². The third kappa shape index (κ3) is 4.04. The summed E-state index contributed by atoms with van der Waals surface area (Å²) in [5.41, 5.74) is 9.75. The molecule has 0 amide bonds. The van der Waals surface area contributed by atoms with Crippen molar-refractivity contribution in [3.63, 3.8) is 0 Å². The van der Waals surface area contributed by atoms with Crippen molar-refractivity contribution in [1.82, 2.24) is 9.97 Å². The molecule has 6 N–H and O–H groups in total. The van der Waals surface area contributed by atoms with Gasteiger partial charge in [0.15, 0.2) is 0 Å². The lowest BCUT2D eigenvalue weighted by Gasteiger charge is -2.12. The van der Waals surface area contributed by atoms with E-state index in [1.54, 1.807) is 31.5 Å². The molecule has 0 aliphatic heterocycles. The fourth-order valence-corrected chi connectivity index (χ4v) is 2.71. The molecule has 2 heterocycles. The molecule has 0 atom stereocenters. The first-order chi connectivity index (χ1) is 13.0. The molecule has 0 saturated heterocycles. The Kier molecular flexibility index (Phi) is 5.33. The van der Waals surface area contributed by atoms with Gasteiger partial charge in [0.25, 0.3) is 0 Å². The quantitative estimate of drug-likeness (QED) is 0.338. The maximum Gasteiger partial charge on any atom is 0.142 e. The van der Waals surface area contributed by atoms with Crippen molar-refractivity contribution in [2.75, 3.05) is 5.32 Å². The van der Waals surface area contributed by atoms with Crippen LogP contribution in [0.3, 0.4) is 0 Å². The molecule has 0 unspecified atom stereocenters. The first kappa shape index (κ1) is 18.3. The minimum Gasteiger partial charge on any atom is -0.506 e. The minimum absolute atomic E-state index is 0.0223. The topological polar surface area (TPSA) is 128 Å². The average molecular weight is 363 g/mol. The number of benzene rings is 1. The Morgan fingerprint density at radius 2 is 1.78 bits per heavy atom. The van der Waals surface area contributed by atoms with Crippen molar-refractivity contribution in [3.8, 4) is 16.9 Å². The van der Waals surface area contributed by atoms with Crippen LogP contribution in [0.4, 0.5) is 5.82 Å². The van der Waals surface area contributed by atoms with Crippen LogP contribution in [0.5, 0.6) is 5.75 Å². The number of hydrogen-bond acceptors (Lipinski definition) is 6. The van der Waals surface area contributed by atoms with E-state index >= 15 is 0 Å². The summed E-state index contributed by atoms with van der Waals surface area (Å²) < 4.78 is 0. The Bertz CT molecular complexity index is 953. The molecule has 0 aliphatic carbocycles. The van der Waals surface area contributed by atoms with Gasteiger partial charge in [-0.25, -0.2) is 4.98 Å². The van der Waals surface area contributed by atoms with E-state index in [2.05, 4.69) is 15.3 Å². The molecule has 7 nitrogen and oxygen atoms in total. The largest absolute Gasteiger partial charge is 0.506 e. The van der Waals surface area contributed by atoms with Gasteiger partial charge in [-0.05, 0) is 30.2 Å². The van der Waals surface area contributed by atoms with Gasteiger partial charge in [-0.2, -0.15) is 0 Å². The van der Waals surface area contributed by atoms with E-state index < -0.39 is 0 Å². The molecule has 0 bridgehead atoms. The van der Waals surface area contributed by atoms with E-state index in [1.165, 1.54) is 0 Å². The average Bonchev–Trinajstić information content (AvgIpc) is 2.69. The molecule has 3 aromatic rings. The normalized spacial score (nSPS) is 10.6. The first-order valence-corrected chi connectivity index (χ1v) is 8.41. The molecule has 0 aliphatic rings. The first-order valence-electron chi connectivity index (χ1n) is 8.41. The number of rotatable bonds is 6. The Balaban J connectivity index is 1.71. The highest BCUT2D eigenvalue weighted by atomic mass is 16.3. The van der Waals surface area contributed by atoms with Crippen LogP contribution >= 0.6 is 0 Å². The predicted molar refractivity (Wildman–Crippen MR) is 105 cm³/mol. The summed E-state index contributed by atoms with van der Waals surface area (Å²) in [6.45, 7) is 1.82. The van der Waals surface area contributed by atoms with Gasteiger partial charge in [-0.1, -0.05) is 24.3 Å². The zero-order valence-electron chi connectivity index (χ0n) is 14.9. The van der Waals surface area contributed by atoms with Crippen LogP contribution in [0.25, 0.3) is 11.1 Å². The Morgan fingerprint density at radius 1 is 1.07 bits per heavy atom. The standard InChI is InChI=1S/C20H21N5O2/c1-12-19(27)17(11-26)16(9-23-12)10-25-18-7-6-15(8-24-18)13-2-4-14(5-3-13)20(21)22/h2-9,26-27H,10-11H2,1H3,(H3,21,22)(H,24,25). The molecule has 0 saturated carbocycles. The number of aryl methyl sites for hydroxylation is 1. The smallest absolute Gasteiger partial charge is 0.142 e. The van der Waals surface area contributed by atoms with E-state index in [0.29, 0.717) is 34.7 Å². The number of aromatic hydroxyl groups is 1. The number of pyridine rings is 2. The minimum atomic E-state index is -0.255. The highest BCUT2D eigenvalue weighted by molar-refractivity contribution is 5.95. The lowest BCUT2D eigenvalue weighted by atomic mass is 10.1. The Morgan fingerprint density at radius 3 is 2.37 bits per heavy atom. The molecular weight excluding hydrogens is 342 g/mol. The fourth-order valence-electron chi connectivity index (χ4n) is 2.71. The number of aliphatic hydroxyl groups excluding tert-OH is 1. The van der Waals surface area contributed by atoms with E-state index in [4.69, 9.17) is 11.1 Å². The Hall–Kier alpha value is -3.45. The third-order valence-electron chi connectivity index (χ3n) is 4.34. The second-order valence-electron chi connectivity index (χ2n) is 6.13. The molecular formula is C20H21N5O2. The van der Waals surface area contributed by atoms with Crippen LogP contribution in [0.1, 0.15) is 22.4 Å². The maximum atomic E-state index is 10.0. The van der Waals surface area contributed by atoms with Gasteiger partial charge in [0, 0.05) is 35.6 Å². The van der Waals surface area contributed by atoms with E-state index in [1.807, 2.05) is 24.3 Å². The van der Waals surface area contributed by atoms with E-state index in [9.17, 15) is 10.2 Å². The molecule has 138 valence electrons. The lowest BCUT2D eigenvalue weighted by molar-refractivity contribution is 0.273. The van der Waals surface area contributed by atoms with Crippen LogP contribution < -0.4 is 11.1 Å². The zero-order valence-corrected chi connectivity index (χ0v) is 14.9. The Labute approximate surface area is 157 Å². The summed E-state index contributed by atoms with van der Waals surface area (Å²) >= 11 is 0. The number of amidine groups is 1. The van der Waals surface area contributed by atoms with E-state index in [-0.39, 0.29) is 18.2 Å². The number of aliphatic hydroxyl groups is 1. The molecule has 0 spiro atoms. The van der Waals surface area contributed by atoms with Gasteiger partial charge in [-0.3, -0.25) is 10.4 Å². The van der Waals surface area contributed by atoms with Gasteiger partial charge in [0.2, 0.25) is 0 Å². The van der Waals surface area contributed by atoms with Crippen LogP contribution in [0, 0.1) is 12.3 Å². The number of nitrogens with one attached hydrogen (secondary N) is 2. The van der Waals surface area contributed by atoms with Gasteiger partial charge < -0.3 is 21.3 Å². The summed E-state index contributed by atoms with van der Waals surface area (Å²) in [5, 5.41) is 30.1. The number of anilines is 1. The molecule has 0 fully saturated rings. The SMILES string of the molecule is Cc1ncc(CNc2ccc(-c3ccc(C(=N)N)cc3)cn2)c(CO)c1O. The van der Waals surface area contributed by atoms with Crippen molar-refractivity contribution in [2.24, 2.45) is 5.73 Å². The van der Waals surface area contributed by atoms with Crippen molar-refractivity contribution < 1.29 is 10.2 Å². The summed E-state index contributed by atoms with van der Waals surface area (Å²) in [4.78, 5) is 8.53. The molecule has 2 aromatic heterocycles. The number of nitrogens with two attached hydrogens (primary N) is 1. The second-order valence-corrected chi connectivity index (χ2v) is 6.13. The van der Waals surface area contributed by atoms with Crippen LogP contribution in [0.15, 0.2) is 48.8 Å². The summed E-state index contributed by atoms with van der Waals surface area (Å²) in [5.74, 6) is 0.732. The highest BCUT2D eigenvalue weighted by Gasteiger charge is 2.11. The van der Waals surface area contributed by atoms with Crippen LogP contribution in [0.2, 0.25) is 0 Å². The van der Waals surface area contributed by atoms with Gasteiger partial charge >= 0.3 is 0 Å². The van der Waals surface area contributed by atoms with Crippen molar-refractivity contribution >= 4 is 11.7 Å². The zero-order chi connectivity index (χ0) is 19.4. The number of hydrogen-bond donors (Lipinski definition) is 5. The third-order valence-corrected chi connectivity index (χ3v) is 4.34. The van der Waals surface area contributed by atoms with Crippen molar-refractivity contribution in [2.45, 2.75) is 20.1 Å². The summed E-state index contributed by atoms with van der Waals surface area (Å²) in [7, 11) is 0. The number of aromatic nitrogens is 2. The second kappa shape index (κ2) is 7.84. The van der Waals surface area contributed by atoms with Crippen molar-refractivity contribution in [3.05, 3.63) is 71.2 Å². The van der Waals surface area contributed by atoms with Gasteiger partial charge in [0.1, 0.15) is 17.4 Å². The molecule has 7 heteroatoms. The molecule has 3 rings (SSSR count). The van der Waals surface area contributed by atoms with Gasteiger partial charge in [-0.15, -0.1) is 0 Å². The summed E-state index contributed by atoms with van der Waals surface area (Å²) in [6.07, 6.45) is 3.39.